The van der Waals surface area contributed by atoms with E-state index >= 15 is 0 Å². The number of ether oxygens (including phenoxy) is 1. The van der Waals surface area contributed by atoms with E-state index in [1.807, 2.05) is 19.1 Å². The molecule has 0 atom stereocenters. The highest BCUT2D eigenvalue weighted by Gasteiger charge is 2.29. The Labute approximate surface area is 191 Å². The van der Waals surface area contributed by atoms with Crippen LogP contribution in [0.15, 0.2) is 72.0 Å². The molecule has 0 aliphatic carbocycles. The molecule has 0 aromatic heterocycles. The molecule has 0 amide bonds. The molecule has 0 saturated heterocycles. The van der Waals surface area contributed by atoms with Gasteiger partial charge >= 0.3 is 5.97 Å². The standard InChI is InChI=1S/C20H19Br2N3O4S/c1-3-14-18(20(26)29-4-2)19(24-16-8-6-5-7-15(16)23-14)25-30(27,28)17-11-12(21)9-10-13(17)22/h5-11,23H,3-4H2,1-2H3,(H,24,25). The summed E-state index contributed by atoms with van der Waals surface area (Å²) in [5.74, 6) is -0.765. The summed E-state index contributed by atoms with van der Waals surface area (Å²) in [5, 5.41) is 6.19. The molecule has 1 aliphatic rings. The molecule has 0 spiro atoms. The molecule has 30 heavy (non-hydrogen) atoms. The fourth-order valence-electron chi connectivity index (χ4n) is 2.86. The zero-order chi connectivity index (χ0) is 21.9. The SMILES string of the molecule is CCOC(=O)C1=C(CC)Nc2ccccc2N/C1=N\S(=O)(=O)c1cc(Br)ccc1Br. The van der Waals surface area contributed by atoms with Crippen LogP contribution in [0.25, 0.3) is 0 Å². The first-order valence-corrected chi connectivity index (χ1v) is 12.1. The Hall–Kier alpha value is -2.17. The number of carbonyl (C=O) groups is 1. The molecule has 0 bridgehead atoms. The smallest absolute Gasteiger partial charge is 0.343 e. The summed E-state index contributed by atoms with van der Waals surface area (Å²) in [6.45, 7) is 3.68. The lowest BCUT2D eigenvalue weighted by atomic mass is 10.1. The summed E-state index contributed by atoms with van der Waals surface area (Å²) in [6.07, 6.45) is 0.434. The average molecular weight is 557 g/mol. The number of nitrogens with one attached hydrogen (secondary N) is 2. The van der Waals surface area contributed by atoms with Gasteiger partial charge in [0.1, 0.15) is 10.5 Å². The summed E-state index contributed by atoms with van der Waals surface area (Å²) < 4.78 is 36.4. The fourth-order valence-corrected chi connectivity index (χ4v) is 5.30. The Morgan fingerprint density at radius 2 is 1.73 bits per heavy atom. The minimum Gasteiger partial charge on any atom is -0.462 e. The van der Waals surface area contributed by atoms with Gasteiger partial charge in [0.15, 0.2) is 5.84 Å². The Balaban J connectivity index is 2.24. The molecule has 0 fully saturated rings. The van der Waals surface area contributed by atoms with E-state index in [0.717, 1.165) is 0 Å². The van der Waals surface area contributed by atoms with Gasteiger partial charge in [-0.1, -0.05) is 35.0 Å². The largest absolute Gasteiger partial charge is 0.462 e. The first kappa shape index (κ1) is 22.5. The van der Waals surface area contributed by atoms with Crippen molar-refractivity contribution in [3.05, 3.63) is 62.7 Å². The number of allylic oxidation sites excluding steroid dienone is 1. The third-order valence-corrected chi connectivity index (χ3v) is 6.98. The second kappa shape index (κ2) is 9.32. The van der Waals surface area contributed by atoms with Crippen molar-refractivity contribution < 1.29 is 17.9 Å². The number of anilines is 2. The maximum atomic E-state index is 13.1. The van der Waals surface area contributed by atoms with Crippen LogP contribution in [-0.4, -0.2) is 26.8 Å². The molecule has 2 aromatic rings. The Kier molecular flexibility index (Phi) is 6.99. The second-order valence-electron chi connectivity index (χ2n) is 6.21. The molecule has 0 saturated carbocycles. The second-order valence-corrected chi connectivity index (χ2v) is 9.56. The van der Waals surface area contributed by atoms with E-state index in [9.17, 15) is 13.2 Å². The van der Waals surface area contributed by atoms with Gasteiger partial charge in [-0.25, -0.2) is 4.79 Å². The molecule has 158 valence electrons. The number of sulfonamides is 1. The Morgan fingerprint density at radius 1 is 1.07 bits per heavy atom. The van der Waals surface area contributed by atoms with E-state index in [1.54, 1.807) is 31.2 Å². The maximum absolute atomic E-state index is 13.1. The van der Waals surface area contributed by atoms with Gasteiger partial charge in [0.05, 0.1) is 18.0 Å². The van der Waals surface area contributed by atoms with Gasteiger partial charge in [0, 0.05) is 14.6 Å². The zero-order valence-electron chi connectivity index (χ0n) is 16.2. The third-order valence-electron chi connectivity index (χ3n) is 4.22. The van der Waals surface area contributed by atoms with E-state index in [-0.39, 0.29) is 22.9 Å². The summed E-state index contributed by atoms with van der Waals surface area (Å²) in [6, 6.07) is 12.0. The van der Waals surface area contributed by atoms with Crippen LogP contribution in [0.3, 0.4) is 0 Å². The van der Waals surface area contributed by atoms with E-state index in [1.165, 1.54) is 6.07 Å². The van der Waals surface area contributed by atoms with Crippen molar-refractivity contribution in [3.8, 4) is 0 Å². The van der Waals surface area contributed by atoms with Gasteiger partial charge in [-0.2, -0.15) is 8.42 Å². The molecule has 7 nitrogen and oxygen atoms in total. The normalized spacial score (nSPS) is 15.1. The number of para-hydroxylation sites is 2. The lowest BCUT2D eigenvalue weighted by Gasteiger charge is -2.13. The third kappa shape index (κ3) is 4.76. The summed E-state index contributed by atoms with van der Waals surface area (Å²) in [4.78, 5) is 12.7. The van der Waals surface area contributed by atoms with Crippen LogP contribution in [0.4, 0.5) is 11.4 Å². The molecule has 2 N–H and O–H groups in total. The fraction of sp³-hybridized carbons (Fsp3) is 0.200. The van der Waals surface area contributed by atoms with Gasteiger partial charge < -0.3 is 15.4 Å². The highest BCUT2D eigenvalue weighted by molar-refractivity contribution is 9.11. The minimum atomic E-state index is -4.17. The number of amidine groups is 1. The first-order chi connectivity index (χ1) is 14.3. The van der Waals surface area contributed by atoms with Crippen LogP contribution in [-0.2, 0) is 19.6 Å². The Bertz CT molecular complexity index is 1160. The van der Waals surface area contributed by atoms with E-state index in [2.05, 4.69) is 46.9 Å². The maximum Gasteiger partial charge on any atom is 0.343 e. The van der Waals surface area contributed by atoms with Gasteiger partial charge in [0.25, 0.3) is 10.0 Å². The molecular formula is C20H19Br2N3O4S. The molecule has 1 aliphatic heterocycles. The number of rotatable bonds is 5. The predicted molar refractivity (Wildman–Crippen MR) is 124 cm³/mol. The molecule has 0 unspecified atom stereocenters. The summed E-state index contributed by atoms with van der Waals surface area (Å²) in [5.41, 5.74) is 1.84. The molecule has 2 aromatic carbocycles. The Morgan fingerprint density at radius 3 is 2.37 bits per heavy atom. The van der Waals surface area contributed by atoms with Gasteiger partial charge in [-0.15, -0.1) is 4.40 Å². The molecule has 1 heterocycles. The van der Waals surface area contributed by atoms with Crippen molar-refractivity contribution in [3.63, 3.8) is 0 Å². The highest BCUT2D eigenvalue weighted by Crippen LogP contribution is 2.31. The first-order valence-electron chi connectivity index (χ1n) is 9.10. The molecule has 10 heteroatoms. The molecule has 0 radical (unpaired) electrons. The van der Waals surface area contributed by atoms with Gasteiger partial charge in [0.2, 0.25) is 0 Å². The van der Waals surface area contributed by atoms with Crippen molar-refractivity contribution in [1.29, 1.82) is 0 Å². The lowest BCUT2D eigenvalue weighted by Crippen LogP contribution is -2.25. The van der Waals surface area contributed by atoms with Crippen LogP contribution in [0.2, 0.25) is 0 Å². The van der Waals surface area contributed by atoms with E-state index < -0.39 is 16.0 Å². The van der Waals surface area contributed by atoms with Crippen LogP contribution in [0.1, 0.15) is 20.3 Å². The number of hydrogen-bond acceptors (Lipinski definition) is 5. The van der Waals surface area contributed by atoms with Crippen LogP contribution in [0.5, 0.6) is 0 Å². The number of benzene rings is 2. The van der Waals surface area contributed by atoms with Crippen LogP contribution < -0.4 is 10.6 Å². The highest BCUT2D eigenvalue weighted by atomic mass is 79.9. The summed E-state index contributed by atoms with van der Waals surface area (Å²) >= 11 is 6.54. The molecular weight excluding hydrogens is 538 g/mol. The number of hydrogen-bond donors (Lipinski definition) is 2. The predicted octanol–water partition coefficient (Wildman–Crippen LogP) is 5.06. The topological polar surface area (TPSA) is 96.9 Å². The van der Waals surface area contributed by atoms with Crippen LogP contribution in [0, 0.1) is 0 Å². The average Bonchev–Trinajstić information content (AvgIpc) is 2.85. The summed E-state index contributed by atoms with van der Waals surface area (Å²) in [7, 11) is -4.17. The van der Waals surface area contributed by atoms with Crippen molar-refractivity contribution in [2.75, 3.05) is 17.2 Å². The monoisotopic (exact) mass is 555 g/mol. The van der Waals surface area contributed by atoms with Crippen molar-refractivity contribution in [2.45, 2.75) is 25.2 Å². The van der Waals surface area contributed by atoms with Crippen molar-refractivity contribution in [2.24, 2.45) is 4.40 Å². The number of halogens is 2. The van der Waals surface area contributed by atoms with Gasteiger partial charge in [-0.05, 0) is 59.6 Å². The van der Waals surface area contributed by atoms with E-state index in [0.29, 0.717) is 32.4 Å². The number of fused-ring (bicyclic) bond motifs is 1. The number of carbonyl (C=O) groups excluding carboxylic acids is 1. The lowest BCUT2D eigenvalue weighted by molar-refractivity contribution is -0.137. The van der Waals surface area contributed by atoms with Crippen LogP contribution >= 0.6 is 31.9 Å². The minimum absolute atomic E-state index is 0.0297. The number of nitrogens with zero attached hydrogens (tertiary/aromatic N) is 1. The van der Waals surface area contributed by atoms with Crippen molar-refractivity contribution >= 4 is 65.1 Å². The quantitative estimate of drug-likeness (QED) is 0.499. The van der Waals surface area contributed by atoms with Gasteiger partial charge in [-0.3, -0.25) is 0 Å². The number of esters is 1. The molecule has 3 rings (SSSR count). The van der Waals surface area contributed by atoms with Crippen molar-refractivity contribution in [1.82, 2.24) is 0 Å². The van der Waals surface area contributed by atoms with E-state index in [4.69, 9.17) is 4.74 Å². The zero-order valence-corrected chi connectivity index (χ0v) is 20.2.